The van der Waals surface area contributed by atoms with E-state index in [0.717, 1.165) is 11.3 Å². The van der Waals surface area contributed by atoms with E-state index in [2.05, 4.69) is 20.6 Å². The highest BCUT2D eigenvalue weighted by Crippen LogP contribution is 2.22. The molecule has 2 aromatic heterocycles. The Labute approximate surface area is 190 Å². The summed E-state index contributed by atoms with van der Waals surface area (Å²) >= 11 is 0. The van der Waals surface area contributed by atoms with Crippen LogP contribution in [0.4, 0.5) is 27.4 Å². The standard InChI is InChI=1S/C26H21FN4O2/c27-20-8-12-22(13-9-20)30-25-19(3-1-15-28-25)7-14-24(33)23-4-2-16-29-26(23)31-21-10-5-18(17-32)6-11-21/h1-16,32H,17H2,(H,28,30)(H,29,31)/b14-7+. The SMILES string of the molecule is O=C(/C=C/c1cccnc1Nc1ccc(F)cc1)c1cccnc1Nc1ccc(CO)cc1. The molecule has 6 nitrogen and oxygen atoms in total. The van der Waals surface area contributed by atoms with Crippen LogP contribution < -0.4 is 10.6 Å². The van der Waals surface area contributed by atoms with Gasteiger partial charge in [0.25, 0.3) is 0 Å². The Morgan fingerprint density at radius 1 is 0.848 bits per heavy atom. The number of nitrogens with one attached hydrogen (secondary N) is 2. The van der Waals surface area contributed by atoms with E-state index in [9.17, 15) is 14.3 Å². The van der Waals surface area contributed by atoms with Gasteiger partial charge in [0.05, 0.1) is 12.2 Å². The van der Waals surface area contributed by atoms with Gasteiger partial charge in [0.1, 0.15) is 17.5 Å². The third-order valence-electron chi connectivity index (χ3n) is 4.83. The first-order valence-corrected chi connectivity index (χ1v) is 10.2. The molecule has 4 rings (SSSR count). The van der Waals surface area contributed by atoms with Gasteiger partial charge in [-0.15, -0.1) is 0 Å². The molecule has 33 heavy (non-hydrogen) atoms. The lowest BCUT2D eigenvalue weighted by Crippen LogP contribution is -2.03. The number of rotatable bonds is 8. The van der Waals surface area contributed by atoms with E-state index < -0.39 is 0 Å². The topological polar surface area (TPSA) is 87.1 Å². The minimum Gasteiger partial charge on any atom is -0.392 e. The number of allylic oxidation sites excluding steroid dienone is 1. The smallest absolute Gasteiger partial charge is 0.189 e. The lowest BCUT2D eigenvalue weighted by molar-refractivity contribution is 0.104. The predicted octanol–water partition coefficient (Wildman–Crippen LogP) is 5.49. The van der Waals surface area contributed by atoms with Crippen LogP contribution in [0, 0.1) is 5.82 Å². The van der Waals surface area contributed by atoms with Gasteiger partial charge >= 0.3 is 0 Å². The number of benzene rings is 2. The van der Waals surface area contributed by atoms with Gasteiger partial charge < -0.3 is 15.7 Å². The second kappa shape index (κ2) is 10.3. The van der Waals surface area contributed by atoms with Crippen LogP contribution in [0.25, 0.3) is 6.08 Å². The number of aromatic nitrogens is 2. The van der Waals surface area contributed by atoms with Gasteiger partial charge in [0.15, 0.2) is 5.78 Å². The van der Waals surface area contributed by atoms with Gasteiger partial charge in [0, 0.05) is 29.3 Å². The van der Waals surface area contributed by atoms with Crippen molar-refractivity contribution in [2.75, 3.05) is 10.6 Å². The number of carbonyl (C=O) groups is 1. The van der Waals surface area contributed by atoms with Crippen molar-refractivity contribution in [1.29, 1.82) is 0 Å². The second-order valence-corrected chi connectivity index (χ2v) is 7.15. The molecule has 0 aliphatic rings. The molecule has 0 saturated heterocycles. The van der Waals surface area contributed by atoms with E-state index >= 15 is 0 Å². The first kappa shape index (κ1) is 21.9. The summed E-state index contributed by atoms with van der Waals surface area (Å²) in [6.07, 6.45) is 6.38. The Morgan fingerprint density at radius 2 is 1.45 bits per heavy atom. The highest BCUT2D eigenvalue weighted by molar-refractivity contribution is 6.10. The molecule has 7 heteroatoms. The van der Waals surface area contributed by atoms with Gasteiger partial charge in [-0.05, 0) is 78.4 Å². The first-order valence-electron chi connectivity index (χ1n) is 10.2. The number of ketones is 1. The maximum absolute atomic E-state index is 13.2. The Morgan fingerprint density at radius 3 is 2.15 bits per heavy atom. The Balaban J connectivity index is 1.53. The summed E-state index contributed by atoms with van der Waals surface area (Å²) in [5.74, 6) is 0.424. The van der Waals surface area contributed by atoms with Gasteiger partial charge in [-0.1, -0.05) is 12.1 Å². The molecule has 2 heterocycles. The van der Waals surface area contributed by atoms with Crippen LogP contribution in [0.2, 0.25) is 0 Å². The summed E-state index contributed by atoms with van der Waals surface area (Å²) in [6, 6.07) is 20.2. The number of pyridine rings is 2. The van der Waals surface area contributed by atoms with Crippen molar-refractivity contribution in [3.05, 3.63) is 114 Å². The van der Waals surface area contributed by atoms with Gasteiger partial charge in [-0.2, -0.15) is 0 Å². The molecular formula is C26H21FN4O2. The summed E-state index contributed by atoms with van der Waals surface area (Å²) in [7, 11) is 0. The van der Waals surface area contributed by atoms with Crippen molar-refractivity contribution in [3.8, 4) is 0 Å². The number of hydrogen-bond acceptors (Lipinski definition) is 6. The number of aliphatic hydroxyl groups excluding tert-OH is 1. The third-order valence-corrected chi connectivity index (χ3v) is 4.83. The lowest BCUT2D eigenvalue weighted by Gasteiger charge is -2.10. The van der Waals surface area contributed by atoms with E-state index in [-0.39, 0.29) is 18.2 Å². The molecule has 0 aliphatic carbocycles. The Kier molecular flexibility index (Phi) is 6.82. The molecule has 0 aliphatic heterocycles. The zero-order valence-electron chi connectivity index (χ0n) is 17.6. The van der Waals surface area contributed by atoms with Crippen molar-refractivity contribution in [2.24, 2.45) is 0 Å². The maximum Gasteiger partial charge on any atom is 0.189 e. The molecule has 0 amide bonds. The highest BCUT2D eigenvalue weighted by atomic mass is 19.1. The Hall–Kier alpha value is -4.36. The van der Waals surface area contributed by atoms with E-state index in [1.165, 1.54) is 18.2 Å². The average molecular weight is 440 g/mol. The van der Waals surface area contributed by atoms with E-state index in [1.807, 2.05) is 18.2 Å². The monoisotopic (exact) mass is 440 g/mol. The van der Waals surface area contributed by atoms with Gasteiger partial charge in [0.2, 0.25) is 0 Å². The Bertz CT molecular complexity index is 1270. The predicted molar refractivity (Wildman–Crippen MR) is 127 cm³/mol. The molecule has 4 aromatic rings. The van der Waals surface area contributed by atoms with E-state index in [0.29, 0.717) is 28.5 Å². The van der Waals surface area contributed by atoms with Crippen LogP contribution in [-0.4, -0.2) is 20.9 Å². The molecular weight excluding hydrogens is 419 g/mol. The van der Waals surface area contributed by atoms with Crippen LogP contribution >= 0.6 is 0 Å². The van der Waals surface area contributed by atoms with Crippen LogP contribution in [0.1, 0.15) is 21.5 Å². The summed E-state index contributed by atoms with van der Waals surface area (Å²) in [5.41, 5.74) is 3.34. The number of anilines is 4. The average Bonchev–Trinajstić information content (AvgIpc) is 2.85. The quantitative estimate of drug-likeness (QED) is 0.248. The molecule has 0 saturated carbocycles. The van der Waals surface area contributed by atoms with Gasteiger partial charge in [-0.3, -0.25) is 4.79 Å². The lowest BCUT2D eigenvalue weighted by atomic mass is 10.1. The zero-order valence-corrected chi connectivity index (χ0v) is 17.6. The minimum absolute atomic E-state index is 0.0370. The minimum atomic E-state index is -0.322. The fourth-order valence-electron chi connectivity index (χ4n) is 3.12. The molecule has 0 fully saturated rings. The summed E-state index contributed by atoms with van der Waals surface area (Å²) < 4.78 is 13.2. The van der Waals surface area contributed by atoms with Gasteiger partial charge in [-0.25, -0.2) is 14.4 Å². The number of nitrogens with zero attached hydrogens (tertiary/aromatic N) is 2. The van der Waals surface area contributed by atoms with Crippen molar-refractivity contribution >= 4 is 34.9 Å². The van der Waals surface area contributed by atoms with E-state index in [1.54, 1.807) is 60.9 Å². The van der Waals surface area contributed by atoms with Crippen molar-refractivity contribution in [3.63, 3.8) is 0 Å². The summed E-state index contributed by atoms with van der Waals surface area (Å²) in [6.45, 7) is -0.0370. The molecule has 164 valence electrons. The maximum atomic E-state index is 13.2. The molecule has 0 spiro atoms. The molecule has 0 unspecified atom stereocenters. The molecule has 3 N–H and O–H groups in total. The number of carbonyl (C=O) groups excluding carboxylic acids is 1. The van der Waals surface area contributed by atoms with Crippen molar-refractivity contribution < 1.29 is 14.3 Å². The number of hydrogen-bond donors (Lipinski definition) is 3. The fourth-order valence-corrected chi connectivity index (χ4v) is 3.12. The largest absolute Gasteiger partial charge is 0.392 e. The first-order chi connectivity index (χ1) is 16.1. The molecule has 0 atom stereocenters. The molecule has 0 radical (unpaired) electrons. The van der Waals surface area contributed by atoms with Crippen LogP contribution in [0.3, 0.4) is 0 Å². The second-order valence-electron chi connectivity index (χ2n) is 7.15. The highest BCUT2D eigenvalue weighted by Gasteiger charge is 2.11. The van der Waals surface area contributed by atoms with E-state index in [4.69, 9.17) is 0 Å². The summed E-state index contributed by atoms with van der Waals surface area (Å²) in [5, 5.41) is 15.5. The van der Waals surface area contributed by atoms with Crippen molar-refractivity contribution in [1.82, 2.24) is 9.97 Å². The normalized spacial score (nSPS) is 10.8. The zero-order chi connectivity index (χ0) is 23.0. The van der Waals surface area contributed by atoms with Crippen LogP contribution in [0.5, 0.6) is 0 Å². The van der Waals surface area contributed by atoms with Crippen molar-refractivity contribution in [2.45, 2.75) is 6.61 Å². The van der Waals surface area contributed by atoms with Crippen LogP contribution in [-0.2, 0) is 6.61 Å². The fraction of sp³-hybridized carbons (Fsp3) is 0.0385. The number of halogens is 1. The molecule has 0 bridgehead atoms. The summed E-state index contributed by atoms with van der Waals surface area (Å²) in [4.78, 5) is 21.6. The van der Waals surface area contributed by atoms with Crippen LogP contribution in [0.15, 0.2) is 91.3 Å². The number of aliphatic hydroxyl groups is 1. The third kappa shape index (κ3) is 5.66. The molecule has 2 aromatic carbocycles.